The van der Waals surface area contributed by atoms with Crippen LogP contribution in [0.3, 0.4) is 0 Å². The molecule has 2 aromatic heterocycles. The van der Waals surface area contributed by atoms with Crippen molar-refractivity contribution in [2.24, 2.45) is 13.0 Å². The fraction of sp³-hybridized carbons (Fsp3) is 0.452. The number of halogens is 4. The highest BCUT2D eigenvalue weighted by Crippen LogP contribution is 2.36. The number of carbonyl (C=O) groups is 5. The van der Waals surface area contributed by atoms with Crippen molar-refractivity contribution in [1.29, 1.82) is 0 Å². The van der Waals surface area contributed by atoms with Crippen molar-refractivity contribution >= 4 is 47.4 Å². The van der Waals surface area contributed by atoms with Crippen molar-refractivity contribution < 1.29 is 42.3 Å². The number of hydrogen-bond donors (Lipinski definition) is 3. The van der Waals surface area contributed by atoms with Crippen LogP contribution in [0.5, 0.6) is 0 Å². The molecule has 0 spiro atoms. The summed E-state index contributed by atoms with van der Waals surface area (Å²) in [4.78, 5) is 68.4. The topological polar surface area (TPSA) is 175 Å². The van der Waals surface area contributed by atoms with E-state index in [0.717, 1.165) is 43.0 Å². The predicted octanol–water partition coefficient (Wildman–Crippen LogP) is 2.28. The van der Waals surface area contributed by atoms with Crippen LogP contribution in [0.4, 0.5) is 18.9 Å². The number of likely N-dealkylation sites (N-methyl/N-ethyl adjacent to an activating group) is 1. The standard InChI is InChI=1S/C30H35ClF3N9O4.CH2O2/c1-39(2)24(44)17-43-16-21(25(38-43)30(32,33)34)23-15-36-26(40(23)3)27(45)37-19-4-5-20(22(31)14-19)29(47)42-12-10-41(11-13-42)28(46)18-6-8-35-9-7-18;2-1-3/h4-5,14-16,18,35H,6-13,17H2,1-3H3,(H,37,45);1H,(H,2,3). The van der Waals surface area contributed by atoms with E-state index in [0.29, 0.717) is 26.2 Å². The van der Waals surface area contributed by atoms with Crippen molar-refractivity contribution in [3.05, 3.63) is 52.7 Å². The van der Waals surface area contributed by atoms with E-state index in [1.54, 1.807) is 4.90 Å². The maximum absolute atomic E-state index is 13.9. The number of piperidine rings is 1. The molecule has 5 rings (SSSR count). The molecule has 50 heavy (non-hydrogen) atoms. The molecule has 0 atom stereocenters. The van der Waals surface area contributed by atoms with Crippen molar-refractivity contribution in [3.8, 4) is 11.3 Å². The molecule has 3 N–H and O–H groups in total. The normalized spacial score (nSPS) is 15.2. The lowest BCUT2D eigenvalue weighted by Crippen LogP contribution is -2.52. The lowest BCUT2D eigenvalue weighted by atomic mass is 9.96. The maximum atomic E-state index is 13.9. The molecule has 2 aliphatic heterocycles. The summed E-state index contributed by atoms with van der Waals surface area (Å²) in [5.74, 6) is -1.54. The number of benzene rings is 1. The maximum Gasteiger partial charge on any atom is 0.435 e. The van der Waals surface area contributed by atoms with Crippen LogP contribution in [0.1, 0.15) is 39.5 Å². The second-order valence-electron chi connectivity index (χ2n) is 11.8. The number of alkyl halides is 3. The number of anilines is 1. The summed E-state index contributed by atoms with van der Waals surface area (Å²) in [6.07, 6.45) is -1.01. The second kappa shape index (κ2) is 16.2. The van der Waals surface area contributed by atoms with Crippen LogP contribution in [-0.2, 0) is 34.2 Å². The molecule has 0 bridgehead atoms. The van der Waals surface area contributed by atoms with Gasteiger partial charge in [0.2, 0.25) is 11.8 Å². The first-order valence-corrected chi connectivity index (χ1v) is 15.9. The minimum atomic E-state index is -4.83. The zero-order chi connectivity index (χ0) is 36.7. The zero-order valence-electron chi connectivity index (χ0n) is 27.5. The molecule has 2 aliphatic rings. The Bertz CT molecular complexity index is 1730. The number of carboxylic acid groups (broad SMARTS) is 1. The van der Waals surface area contributed by atoms with Crippen LogP contribution in [0.15, 0.2) is 30.6 Å². The van der Waals surface area contributed by atoms with Crippen LogP contribution >= 0.6 is 11.6 Å². The molecular formula is C31H37ClF3N9O6. The predicted molar refractivity (Wildman–Crippen MR) is 174 cm³/mol. The third-order valence-electron chi connectivity index (χ3n) is 8.32. The summed E-state index contributed by atoms with van der Waals surface area (Å²) in [6, 6.07) is 4.38. The molecule has 3 aromatic rings. The van der Waals surface area contributed by atoms with E-state index in [-0.39, 0.29) is 57.6 Å². The summed E-state index contributed by atoms with van der Waals surface area (Å²) in [7, 11) is 4.34. The Balaban J connectivity index is 0.00000181. The first-order chi connectivity index (χ1) is 23.7. The van der Waals surface area contributed by atoms with E-state index in [9.17, 15) is 32.3 Å². The number of hydrogen-bond acceptors (Lipinski definition) is 8. The van der Waals surface area contributed by atoms with Crippen LogP contribution in [0.2, 0.25) is 5.02 Å². The molecule has 4 heterocycles. The van der Waals surface area contributed by atoms with Gasteiger partial charge in [0.15, 0.2) is 11.5 Å². The fourth-order valence-electron chi connectivity index (χ4n) is 5.63. The largest absolute Gasteiger partial charge is 0.483 e. The van der Waals surface area contributed by atoms with Gasteiger partial charge in [-0.15, -0.1) is 0 Å². The van der Waals surface area contributed by atoms with Crippen molar-refractivity contribution in [2.45, 2.75) is 25.6 Å². The summed E-state index contributed by atoms with van der Waals surface area (Å²) in [5.41, 5.74) is -1.14. The lowest BCUT2D eigenvalue weighted by Gasteiger charge is -2.37. The van der Waals surface area contributed by atoms with Crippen LogP contribution in [-0.4, -0.2) is 123 Å². The van der Waals surface area contributed by atoms with Gasteiger partial charge in [0.1, 0.15) is 6.54 Å². The van der Waals surface area contributed by atoms with Gasteiger partial charge < -0.3 is 35.0 Å². The van der Waals surface area contributed by atoms with Gasteiger partial charge in [-0.25, -0.2) is 4.98 Å². The summed E-state index contributed by atoms with van der Waals surface area (Å²) in [5, 5.41) is 16.4. The van der Waals surface area contributed by atoms with Crippen molar-refractivity contribution in [3.63, 3.8) is 0 Å². The molecule has 15 nitrogen and oxygen atoms in total. The number of carbonyl (C=O) groups excluding carboxylic acids is 4. The van der Waals surface area contributed by atoms with Crippen LogP contribution in [0.25, 0.3) is 11.3 Å². The molecule has 0 saturated carbocycles. The van der Waals surface area contributed by atoms with E-state index in [4.69, 9.17) is 21.5 Å². The smallest absolute Gasteiger partial charge is 0.435 e. The van der Waals surface area contributed by atoms with Gasteiger partial charge in [-0.1, -0.05) is 11.6 Å². The fourth-order valence-corrected chi connectivity index (χ4v) is 5.89. The van der Waals surface area contributed by atoms with Gasteiger partial charge in [0, 0.05) is 65.1 Å². The summed E-state index contributed by atoms with van der Waals surface area (Å²) in [6.45, 7) is 2.60. The average molecular weight is 724 g/mol. The molecule has 2 saturated heterocycles. The van der Waals surface area contributed by atoms with E-state index >= 15 is 0 Å². The number of amides is 4. The number of rotatable bonds is 7. The molecule has 2 fully saturated rings. The molecule has 1 aromatic carbocycles. The molecule has 19 heteroatoms. The molecular weight excluding hydrogens is 687 g/mol. The average Bonchev–Trinajstić information content (AvgIpc) is 3.68. The third-order valence-corrected chi connectivity index (χ3v) is 8.63. The molecule has 4 amide bonds. The molecule has 0 unspecified atom stereocenters. The Morgan fingerprint density at radius 3 is 2.30 bits per heavy atom. The molecule has 0 radical (unpaired) electrons. The van der Waals surface area contributed by atoms with Gasteiger partial charge in [-0.05, 0) is 44.1 Å². The number of nitrogens with one attached hydrogen (secondary N) is 2. The molecule has 270 valence electrons. The summed E-state index contributed by atoms with van der Waals surface area (Å²) < 4.78 is 43.7. The third kappa shape index (κ3) is 8.78. The first-order valence-electron chi connectivity index (χ1n) is 15.5. The highest BCUT2D eigenvalue weighted by atomic mass is 35.5. The van der Waals surface area contributed by atoms with Crippen molar-refractivity contribution in [2.75, 3.05) is 58.7 Å². The Hall–Kier alpha value is -4.97. The van der Waals surface area contributed by atoms with E-state index in [2.05, 4.69) is 20.7 Å². The van der Waals surface area contributed by atoms with Gasteiger partial charge in [-0.2, -0.15) is 18.3 Å². The van der Waals surface area contributed by atoms with Crippen LogP contribution in [0, 0.1) is 5.92 Å². The van der Waals surface area contributed by atoms with Gasteiger partial charge in [0.05, 0.1) is 28.0 Å². The van der Waals surface area contributed by atoms with Gasteiger partial charge in [0.25, 0.3) is 18.3 Å². The van der Waals surface area contributed by atoms with Crippen LogP contribution < -0.4 is 10.6 Å². The quantitative estimate of drug-likeness (QED) is 0.309. The highest BCUT2D eigenvalue weighted by Gasteiger charge is 2.39. The van der Waals surface area contributed by atoms with Gasteiger partial charge in [-0.3, -0.25) is 28.7 Å². The Morgan fingerprint density at radius 1 is 1.10 bits per heavy atom. The minimum absolute atomic E-state index is 0.00874. The number of aromatic nitrogens is 4. The Labute approximate surface area is 290 Å². The zero-order valence-corrected chi connectivity index (χ0v) is 28.3. The minimum Gasteiger partial charge on any atom is -0.483 e. The Morgan fingerprint density at radius 2 is 1.72 bits per heavy atom. The number of piperazine rings is 1. The highest BCUT2D eigenvalue weighted by molar-refractivity contribution is 6.34. The van der Waals surface area contributed by atoms with E-state index in [1.807, 2.05) is 4.90 Å². The van der Waals surface area contributed by atoms with E-state index in [1.165, 1.54) is 48.8 Å². The Kier molecular flexibility index (Phi) is 12.2. The second-order valence-corrected chi connectivity index (χ2v) is 12.2. The molecule has 0 aliphatic carbocycles. The first kappa shape index (κ1) is 37.8. The van der Waals surface area contributed by atoms with Gasteiger partial charge >= 0.3 is 6.18 Å². The monoisotopic (exact) mass is 723 g/mol. The number of nitrogens with zero attached hydrogens (tertiary/aromatic N) is 7. The lowest BCUT2D eigenvalue weighted by molar-refractivity contribution is -0.141. The SMILES string of the molecule is CN(C)C(=O)Cn1cc(-c2cnc(C(=O)Nc3ccc(C(=O)N4CCN(C(=O)C5CCNCC5)CC4)c(Cl)c3)n2C)c(C(F)(F)F)n1.O=CO. The van der Waals surface area contributed by atoms with Crippen molar-refractivity contribution in [1.82, 2.24) is 39.3 Å². The number of imidazole rings is 1. The summed E-state index contributed by atoms with van der Waals surface area (Å²) >= 11 is 6.45. The van der Waals surface area contributed by atoms with E-state index < -0.39 is 30.2 Å².